The number of carbonyl (C=O) groups is 1. The Hall–Kier alpha value is -1.68. The number of halogens is 1. The Bertz CT molecular complexity index is 626. The zero-order valence-electron chi connectivity index (χ0n) is 11.5. The average molecular weight is 334 g/mol. The number of pyridine rings is 1. The third-order valence-electron chi connectivity index (χ3n) is 2.88. The van der Waals surface area contributed by atoms with E-state index in [4.69, 9.17) is 4.74 Å². The summed E-state index contributed by atoms with van der Waals surface area (Å²) < 4.78 is 6.43. The van der Waals surface area contributed by atoms with Gasteiger partial charge in [-0.05, 0) is 31.0 Å². The van der Waals surface area contributed by atoms with Gasteiger partial charge in [0.25, 0.3) is 0 Å². The molecule has 3 nitrogen and oxygen atoms in total. The van der Waals surface area contributed by atoms with Crippen molar-refractivity contribution in [3.63, 3.8) is 0 Å². The summed E-state index contributed by atoms with van der Waals surface area (Å²) >= 11 is 3.44. The topological polar surface area (TPSA) is 39.2 Å². The molecule has 104 valence electrons. The molecule has 1 aromatic carbocycles. The molecule has 0 saturated heterocycles. The molecular weight excluding hydrogens is 318 g/mol. The van der Waals surface area contributed by atoms with Gasteiger partial charge in [-0.1, -0.05) is 35.0 Å². The maximum Gasteiger partial charge on any atom is 0.194 e. The van der Waals surface area contributed by atoms with Gasteiger partial charge in [0.2, 0.25) is 0 Å². The number of aryl methyl sites for hydroxylation is 1. The lowest BCUT2D eigenvalue weighted by Crippen LogP contribution is -2.04. The van der Waals surface area contributed by atoms with Crippen molar-refractivity contribution in [3.05, 3.63) is 57.8 Å². The van der Waals surface area contributed by atoms with Crippen molar-refractivity contribution >= 4 is 21.7 Å². The molecule has 1 aromatic heterocycles. The Morgan fingerprint density at radius 3 is 2.75 bits per heavy atom. The van der Waals surface area contributed by atoms with Crippen molar-refractivity contribution in [3.8, 4) is 5.75 Å². The minimum atomic E-state index is -0.0554. The first-order valence-corrected chi connectivity index (χ1v) is 7.30. The Labute approximate surface area is 127 Å². The average Bonchev–Trinajstić information content (AvgIpc) is 2.47. The normalized spacial score (nSPS) is 10.3. The molecule has 0 aliphatic heterocycles. The number of nitrogens with zero attached hydrogens (tertiary/aromatic N) is 1. The van der Waals surface area contributed by atoms with Crippen LogP contribution < -0.4 is 4.74 Å². The van der Waals surface area contributed by atoms with Gasteiger partial charge in [0.15, 0.2) is 5.78 Å². The predicted molar refractivity (Wildman–Crippen MR) is 82.3 cm³/mol. The van der Waals surface area contributed by atoms with E-state index in [-0.39, 0.29) is 5.78 Å². The minimum absolute atomic E-state index is 0.0554. The molecule has 0 radical (unpaired) electrons. The van der Waals surface area contributed by atoms with Gasteiger partial charge in [-0.2, -0.15) is 0 Å². The van der Waals surface area contributed by atoms with Crippen molar-refractivity contribution in [2.24, 2.45) is 0 Å². The van der Waals surface area contributed by atoms with Crippen LogP contribution in [0.2, 0.25) is 0 Å². The fraction of sp³-hybridized carbons (Fsp3) is 0.250. The number of ketones is 1. The van der Waals surface area contributed by atoms with E-state index in [0.717, 1.165) is 16.5 Å². The maximum absolute atomic E-state index is 12.4. The first-order chi connectivity index (χ1) is 9.61. The van der Waals surface area contributed by atoms with Crippen LogP contribution in [0.5, 0.6) is 5.75 Å². The Kier molecular flexibility index (Phi) is 4.90. The molecule has 0 amide bonds. The smallest absolute Gasteiger partial charge is 0.194 e. The molecule has 0 aliphatic rings. The summed E-state index contributed by atoms with van der Waals surface area (Å²) in [5.74, 6) is 0.573. The third-order valence-corrected chi connectivity index (χ3v) is 3.74. The first kappa shape index (κ1) is 14.7. The zero-order chi connectivity index (χ0) is 14.5. The van der Waals surface area contributed by atoms with Crippen LogP contribution in [-0.4, -0.2) is 17.4 Å². The summed E-state index contributed by atoms with van der Waals surface area (Å²) in [4.78, 5) is 16.5. The summed E-state index contributed by atoms with van der Waals surface area (Å²) in [6, 6.07) is 7.31. The summed E-state index contributed by atoms with van der Waals surface area (Å²) in [6.45, 7) is 4.64. The number of benzene rings is 1. The molecule has 0 aliphatic carbocycles. The molecule has 0 unspecified atom stereocenters. The molecule has 20 heavy (non-hydrogen) atoms. The van der Waals surface area contributed by atoms with Crippen LogP contribution in [0.3, 0.4) is 0 Å². The summed E-state index contributed by atoms with van der Waals surface area (Å²) in [5, 5.41) is 0. The van der Waals surface area contributed by atoms with E-state index in [0.29, 0.717) is 23.5 Å². The van der Waals surface area contributed by atoms with E-state index in [1.807, 2.05) is 32.0 Å². The molecule has 1 heterocycles. The monoisotopic (exact) mass is 333 g/mol. The van der Waals surface area contributed by atoms with E-state index in [1.54, 1.807) is 18.5 Å². The molecule has 0 atom stereocenters. The summed E-state index contributed by atoms with van der Waals surface area (Å²) in [5.41, 5.74) is 2.27. The van der Waals surface area contributed by atoms with Crippen LogP contribution in [0.4, 0.5) is 0 Å². The highest BCUT2D eigenvalue weighted by molar-refractivity contribution is 9.10. The predicted octanol–water partition coefficient (Wildman–Crippen LogP) is 4.17. The molecular formula is C16H16BrNO2. The molecule has 2 rings (SSSR count). The summed E-state index contributed by atoms with van der Waals surface area (Å²) in [6.07, 6.45) is 4.11. The Balaban J connectivity index is 2.26. The lowest BCUT2D eigenvalue weighted by Gasteiger charge is -2.07. The standard InChI is InChI=1S/C16H16BrNO2/c1-3-6-20-14-7-13(9-18-10-14)16(19)12-5-4-11(2)15(17)8-12/h4-5,7-10H,3,6H2,1-2H3. The highest BCUT2D eigenvalue weighted by Gasteiger charge is 2.11. The maximum atomic E-state index is 12.4. The highest BCUT2D eigenvalue weighted by atomic mass is 79.9. The second kappa shape index (κ2) is 6.66. The van der Waals surface area contributed by atoms with Gasteiger partial charge in [-0.25, -0.2) is 0 Å². The minimum Gasteiger partial charge on any atom is -0.492 e. The molecule has 0 spiro atoms. The van der Waals surface area contributed by atoms with E-state index >= 15 is 0 Å². The van der Waals surface area contributed by atoms with E-state index in [2.05, 4.69) is 20.9 Å². The van der Waals surface area contributed by atoms with Gasteiger partial charge in [-0.15, -0.1) is 0 Å². The summed E-state index contributed by atoms with van der Waals surface area (Å²) in [7, 11) is 0. The zero-order valence-corrected chi connectivity index (χ0v) is 13.1. The lowest BCUT2D eigenvalue weighted by molar-refractivity contribution is 0.103. The van der Waals surface area contributed by atoms with Gasteiger partial charge in [0.1, 0.15) is 5.75 Å². The van der Waals surface area contributed by atoms with Crippen LogP contribution >= 0.6 is 15.9 Å². The van der Waals surface area contributed by atoms with Gasteiger partial charge in [-0.3, -0.25) is 9.78 Å². The number of hydrogen-bond donors (Lipinski definition) is 0. The van der Waals surface area contributed by atoms with Gasteiger partial charge < -0.3 is 4.74 Å². The number of ether oxygens (including phenoxy) is 1. The fourth-order valence-corrected chi connectivity index (χ4v) is 2.12. The lowest BCUT2D eigenvalue weighted by atomic mass is 10.0. The van der Waals surface area contributed by atoms with Crippen LogP contribution in [0.1, 0.15) is 34.8 Å². The molecule has 2 aromatic rings. The third kappa shape index (κ3) is 3.45. The first-order valence-electron chi connectivity index (χ1n) is 6.50. The van der Waals surface area contributed by atoms with Crippen LogP contribution in [0.15, 0.2) is 41.1 Å². The van der Waals surface area contributed by atoms with Gasteiger partial charge in [0, 0.05) is 21.8 Å². The fourth-order valence-electron chi connectivity index (χ4n) is 1.74. The Morgan fingerprint density at radius 2 is 2.05 bits per heavy atom. The Morgan fingerprint density at radius 1 is 1.25 bits per heavy atom. The van der Waals surface area contributed by atoms with E-state index < -0.39 is 0 Å². The largest absolute Gasteiger partial charge is 0.492 e. The van der Waals surface area contributed by atoms with Crippen LogP contribution in [0.25, 0.3) is 0 Å². The van der Waals surface area contributed by atoms with Gasteiger partial charge >= 0.3 is 0 Å². The highest BCUT2D eigenvalue weighted by Crippen LogP contribution is 2.21. The molecule has 4 heteroatoms. The SMILES string of the molecule is CCCOc1cncc(C(=O)c2ccc(C)c(Br)c2)c1. The number of rotatable bonds is 5. The number of aromatic nitrogens is 1. The molecule has 0 bridgehead atoms. The number of carbonyl (C=O) groups excluding carboxylic acids is 1. The quantitative estimate of drug-likeness (QED) is 0.771. The van der Waals surface area contributed by atoms with E-state index in [1.165, 1.54) is 0 Å². The molecule has 0 N–H and O–H groups in total. The molecule has 0 fully saturated rings. The van der Waals surface area contributed by atoms with Crippen molar-refractivity contribution in [2.45, 2.75) is 20.3 Å². The van der Waals surface area contributed by atoms with Crippen molar-refractivity contribution < 1.29 is 9.53 Å². The van der Waals surface area contributed by atoms with E-state index in [9.17, 15) is 4.79 Å². The van der Waals surface area contributed by atoms with Crippen molar-refractivity contribution in [1.29, 1.82) is 0 Å². The van der Waals surface area contributed by atoms with Crippen LogP contribution in [-0.2, 0) is 0 Å². The van der Waals surface area contributed by atoms with Crippen LogP contribution in [0, 0.1) is 6.92 Å². The van der Waals surface area contributed by atoms with Gasteiger partial charge in [0.05, 0.1) is 12.8 Å². The second-order valence-corrected chi connectivity index (χ2v) is 5.41. The van der Waals surface area contributed by atoms with Crippen molar-refractivity contribution in [2.75, 3.05) is 6.61 Å². The second-order valence-electron chi connectivity index (χ2n) is 4.55. The number of hydrogen-bond acceptors (Lipinski definition) is 3. The molecule has 0 saturated carbocycles. The van der Waals surface area contributed by atoms with Crippen molar-refractivity contribution in [1.82, 2.24) is 4.98 Å².